The highest BCUT2D eigenvalue weighted by atomic mass is 35.5. The molecule has 0 bridgehead atoms. The van der Waals surface area contributed by atoms with Gasteiger partial charge in [0.2, 0.25) is 0 Å². The molecule has 3 nitrogen and oxygen atoms in total. The maximum absolute atomic E-state index is 11.5. The van der Waals surface area contributed by atoms with E-state index in [1.807, 2.05) is 25.1 Å². The number of benzene rings is 1. The molecule has 0 heterocycles. The standard InChI is InChI=1S/C13H18ClNO2/c1-9-5-6-10(7-11(9)14)8-15-13(2,3)12(16)17-4/h5-7,15H,8H2,1-4H3. The minimum absolute atomic E-state index is 0.282. The smallest absolute Gasteiger partial charge is 0.325 e. The van der Waals surface area contributed by atoms with Gasteiger partial charge in [0.25, 0.3) is 0 Å². The summed E-state index contributed by atoms with van der Waals surface area (Å²) in [5.74, 6) is -0.282. The molecule has 0 spiro atoms. The topological polar surface area (TPSA) is 38.3 Å². The number of aryl methyl sites for hydroxylation is 1. The molecule has 0 saturated carbocycles. The molecule has 0 fully saturated rings. The molecule has 0 radical (unpaired) electrons. The van der Waals surface area contributed by atoms with E-state index in [-0.39, 0.29) is 5.97 Å². The number of carbonyl (C=O) groups is 1. The first-order valence-corrected chi connectivity index (χ1v) is 5.83. The largest absolute Gasteiger partial charge is 0.468 e. The molecule has 0 unspecified atom stereocenters. The predicted octanol–water partition coefficient (Wildman–Crippen LogP) is 2.69. The van der Waals surface area contributed by atoms with Crippen LogP contribution in [0.3, 0.4) is 0 Å². The van der Waals surface area contributed by atoms with Crippen LogP contribution in [0.25, 0.3) is 0 Å². The van der Waals surface area contributed by atoms with Gasteiger partial charge in [-0.25, -0.2) is 0 Å². The molecular formula is C13H18ClNO2. The molecule has 4 heteroatoms. The molecule has 1 N–H and O–H groups in total. The van der Waals surface area contributed by atoms with Gasteiger partial charge >= 0.3 is 5.97 Å². The van der Waals surface area contributed by atoms with E-state index in [0.29, 0.717) is 6.54 Å². The van der Waals surface area contributed by atoms with Gasteiger partial charge in [-0.1, -0.05) is 23.7 Å². The van der Waals surface area contributed by atoms with Crippen molar-refractivity contribution < 1.29 is 9.53 Å². The number of methoxy groups -OCH3 is 1. The maximum atomic E-state index is 11.5. The Balaban J connectivity index is 2.67. The first-order valence-electron chi connectivity index (χ1n) is 5.45. The zero-order valence-corrected chi connectivity index (χ0v) is 11.4. The van der Waals surface area contributed by atoms with E-state index in [1.54, 1.807) is 13.8 Å². The normalized spacial score (nSPS) is 11.4. The molecule has 1 rings (SSSR count). The number of halogens is 1. The van der Waals surface area contributed by atoms with Gasteiger partial charge in [-0.15, -0.1) is 0 Å². The summed E-state index contributed by atoms with van der Waals surface area (Å²) in [4.78, 5) is 11.5. The van der Waals surface area contributed by atoms with Crippen LogP contribution in [0.1, 0.15) is 25.0 Å². The first kappa shape index (κ1) is 14.0. The number of ether oxygens (including phenoxy) is 1. The number of esters is 1. The summed E-state index contributed by atoms with van der Waals surface area (Å²) >= 11 is 6.03. The second-order valence-electron chi connectivity index (χ2n) is 4.55. The highest BCUT2D eigenvalue weighted by Crippen LogP contribution is 2.17. The van der Waals surface area contributed by atoms with E-state index in [1.165, 1.54) is 7.11 Å². The Bertz CT molecular complexity index is 416. The van der Waals surface area contributed by atoms with Crippen molar-refractivity contribution >= 4 is 17.6 Å². The van der Waals surface area contributed by atoms with Crippen molar-refractivity contribution in [3.8, 4) is 0 Å². The molecule has 94 valence electrons. The van der Waals surface area contributed by atoms with Crippen LogP contribution in [0.2, 0.25) is 5.02 Å². The van der Waals surface area contributed by atoms with Crippen LogP contribution in [0, 0.1) is 6.92 Å². The van der Waals surface area contributed by atoms with Crippen LogP contribution in [-0.2, 0) is 16.1 Å². The van der Waals surface area contributed by atoms with E-state index in [0.717, 1.165) is 16.1 Å². The van der Waals surface area contributed by atoms with Crippen molar-refractivity contribution in [1.82, 2.24) is 5.32 Å². The highest BCUT2D eigenvalue weighted by Gasteiger charge is 2.27. The third kappa shape index (κ3) is 3.72. The Labute approximate surface area is 107 Å². The van der Waals surface area contributed by atoms with Gasteiger partial charge in [-0.2, -0.15) is 0 Å². The lowest BCUT2D eigenvalue weighted by atomic mass is 10.1. The molecule has 0 saturated heterocycles. The average Bonchev–Trinajstić information content (AvgIpc) is 2.29. The van der Waals surface area contributed by atoms with Crippen molar-refractivity contribution in [2.75, 3.05) is 7.11 Å². The SMILES string of the molecule is COC(=O)C(C)(C)NCc1ccc(C)c(Cl)c1. The van der Waals surface area contributed by atoms with Crippen LogP contribution in [-0.4, -0.2) is 18.6 Å². The van der Waals surface area contributed by atoms with Gasteiger partial charge in [0.1, 0.15) is 5.54 Å². The lowest BCUT2D eigenvalue weighted by molar-refractivity contribution is -0.147. The predicted molar refractivity (Wildman–Crippen MR) is 69.1 cm³/mol. The van der Waals surface area contributed by atoms with Gasteiger partial charge in [0.05, 0.1) is 7.11 Å². The fourth-order valence-electron chi connectivity index (χ4n) is 1.40. The van der Waals surface area contributed by atoms with E-state index in [9.17, 15) is 4.79 Å². The molecular weight excluding hydrogens is 238 g/mol. The summed E-state index contributed by atoms with van der Waals surface area (Å²) < 4.78 is 4.72. The summed E-state index contributed by atoms with van der Waals surface area (Å²) in [5.41, 5.74) is 1.38. The second-order valence-corrected chi connectivity index (χ2v) is 4.96. The lowest BCUT2D eigenvalue weighted by Crippen LogP contribution is -2.46. The monoisotopic (exact) mass is 255 g/mol. The molecule has 0 aliphatic heterocycles. The zero-order chi connectivity index (χ0) is 13.1. The summed E-state index contributed by atoms with van der Waals surface area (Å²) in [6, 6.07) is 5.85. The van der Waals surface area contributed by atoms with Gasteiger partial charge in [0.15, 0.2) is 0 Å². The Morgan fingerprint density at radius 3 is 2.65 bits per heavy atom. The van der Waals surface area contributed by atoms with Crippen molar-refractivity contribution in [2.45, 2.75) is 32.9 Å². The summed E-state index contributed by atoms with van der Waals surface area (Å²) in [6.07, 6.45) is 0. The van der Waals surface area contributed by atoms with Crippen molar-refractivity contribution in [3.05, 3.63) is 34.3 Å². The van der Waals surface area contributed by atoms with Gasteiger partial charge < -0.3 is 4.74 Å². The van der Waals surface area contributed by atoms with Crippen molar-refractivity contribution in [3.63, 3.8) is 0 Å². The first-order chi connectivity index (χ1) is 7.86. The molecule has 17 heavy (non-hydrogen) atoms. The Hall–Kier alpha value is -1.06. The maximum Gasteiger partial charge on any atom is 0.325 e. The second kappa shape index (κ2) is 5.52. The summed E-state index contributed by atoms with van der Waals surface area (Å²) in [6.45, 7) is 6.10. The van der Waals surface area contributed by atoms with E-state index in [2.05, 4.69) is 5.32 Å². The number of rotatable bonds is 4. The van der Waals surface area contributed by atoms with E-state index >= 15 is 0 Å². The van der Waals surface area contributed by atoms with E-state index < -0.39 is 5.54 Å². The molecule has 0 atom stereocenters. The van der Waals surface area contributed by atoms with Crippen LogP contribution in [0.4, 0.5) is 0 Å². The molecule has 0 aliphatic rings. The molecule has 1 aromatic carbocycles. The Morgan fingerprint density at radius 2 is 2.12 bits per heavy atom. The average molecular weight is 256 g/mol. The number of hydrogen-bond acceptors (Lipinski definition) is 3. The number of nitrogens with one attached hydrogen (secondary N) is 1. The third-order valence-electron chi connectivity index (χ3n) is 2.67. The summed E-state index contributed by atoms with van der Waals surface area (Å²) in [7, 11) is 1.38. The van der Waals surface area contributed by atoms with E-state index in [4.69, 9.17) is 16.3 Å². The lowest BCUT2D eigenvalue weighted by Gasteiger charge is -2.23. The molecule has 1 aromatic rings. The van der Waals surface area contributed by atoms with Crippen molar-refractivity contribution in [1.29, 1.82) is 0 Å². The van der Waals surface area contributed by atoms with Crippen LogP contribution in [0.15, 0.2) is 18.2 Å². The molecule has 0 aliphatic carbocycles. The fraction of sp³-hybridized carbons (Fsp3) is 0.462. The number of hydrogen-bond donors (Lipinski definition) is 1. The minimum Gasteiger partial charge on any atom is -0.468 e. The molecule has 0 amide bonds. The molecule has 0 aromatic heterocycles. The zero-order valence-electron chi connectivity index (χ0n) is 10.6. The third-order valence-corrected chi connectivity index (χ3v) is 3.07. The van der Waals surface area contributed by atoms with Crippen LogP contribution >= 0.6 is 11.6 Å². The van der Waals surface area contributed by atoms with Crippen LogP contribution in [0.5, 0.6) is 0 Å². The minimum atomic E-state index is -0.702. The van der Waals surface area contributed by atoms with Gasteiger partial charge in [-0.3, -0.25) is 10.1 Å². The Kier molecular flexibility index (Phi) is 4.54. The number of carbonyl (C=O) groups excluding carboxylic acids is 1. The quantitative estimate of drug-likeness (QED) is 0.841. The fourth-order valence-corrected chi connectivity index (χ4v) is 1.60. The highest BCUT2D eigenvalue weighted by molar-refractivity contribution is 6.31. The van der Waals surface area contributed by atoms with Gasteiger partial charge in [0, 0.05) is 11.6 Å². The van der Waals surface area contributed by atoms with Gasteiger partial charge in [-0.05, 0) is 38.0 Å². The summed E-state index contributed by atoms with van der Waals surface area (Å²) in [5, 5.41) is 3.88. The van der Waals surface area contributed by atoms with Crippen LogP contribution < -0.4 is 5.32 Å². The van der Waals surface area contributed by atoms with Crippen molar-refractivity contribution in [2.24, 2.45) is 0 Å². The Morgan fingerprint density at radius 1 is 1.47 bits per heavy atom.